The van der Waals surface area contributed by atoms with Gasteiger partial charge in [0.1, 0.15) is 0 Å². The van der Waals surface area contributed by atoms with E-state index in [4.69, 9.17) is 9.47 Å². The molecular formula is C16H23N3O4. The first-order chi connectivity index (χ1) is 11.2. The van der Waals surface area contributed by atoms with Gasteiger partial charge in [-0.05, 0) is 18.9 Å². The Kier molecular flexibility index (Phi) is 4.97. The van der Waals surface area contributed by atoms with Gasteiger partial charge < -0.3 is 14.4 Å². The van der Waals surface area contributed by atoms with Gasteiger partial charge in [-0.25, -0.2) is 0 Å². The first-order valence-corrected chi connectivity index (χ1v) is 8.08. The van der Waals surface area contributed by atoms with E-state index in [-0.39, 0.29) is 5.69 Å². The molecule has 0 aliphatic carbocycles. The minimum absolute atomic E-state index is 0.00766. The van der Waals surface area contributed by atoms with Crippen molar-refractivity contribution in [2.45, 2.75) is 18.9 Å². The number of nitrogens with zero attached hydrogens (tertiary/aromatic N) is 3. The van der Waals surface area contributed by atoms with Crippen LogP contribution in [0, 0.1) is 10.1 Å². The predicted octanol–water partition coefficient (Wildman–Crippen LogP) is 1.90. The van der Waals surface area contributed by atoms with Crippen LogP contribution in [0.1, 0.15) is 12.8 Å². The van der Waals surface area contributed by atoms with Crippen molar-refractivity contribution in [3.05, 3.63) is 28.3 Å². The third-order valence-electron chi connectivity index (χ3n) is 4.58. The van der Waals surface area contributed by atoms with Crippen molar-refractivity contribution in [3.63, 3.8) is 0 Å². The molecule has 0 unspecified atom stereocenters. The molecule has 3 rings (SSSR count). The van der Waals surface area contributed by atoms with Gasteiger partial charge in [-0.3, -0.25) is 15.0 Å². The Morgan fingerprint density at radius 3 is 2.74 bits per heavy atom. The number of anilines is 1. The fourth-order valence-electron chi connectivity index (χ4n) is 3.28. The average molecular weight is 321 g/mol. The van der Waals surface area contributed by atoms with Gasteiger partial charge in [-0.15, -0.1) is 0 Å². The molecule has 1 atom stereocenters. The molecule has 2 heterocycles. The van der Waals surface area contributed by atoms with Crippen molar-refractivity contribution in [1.82, 2.24) is 4.90 Å². The molecule has 0 spiro atoms. The highest BCUT2D eigenvalue weighted by Gasteiger charge is 2.24. The number of piperazine rings is 1. The standard InChI is InChI=1S/C16H23N3O4/c1-22-16-11-13(4-5-15(16)19(20)21)18-8-6-17(7-9-18)12-14-3-2-10-23-14/h4-5,11,14H,2-3,6-10,12H2,1H3/t14-/m1/s1. The van der Waals surface area contributed by atoms with Gasteiger partial charge in [-0.2, -0.15) is 0 Å². The zero-order chi connectivity index (χ0) is 16.2. The van der Waals surface area contributed by atoms with Gasteiger partial charge in [0, 0.05) is 57.2 Å². The molecule has 2 aliphatic rings. The molecule has 0 N–H and O–H groups in total. The van der Waals surface area contributed by atoms with E-state index in [9.17, 15) is 10.1 Å². The summed E-state index contributed by atoms with van der Waals surface area (Å²) in [5.74, 6) is 0.314. The zero-order valence-corrected chi connectivity index (χ0v) is 13.4. The van der Waals surface area contributed by atoms with Gasteiger partial charge in [-0.1, -0.05) is 0 Å². The normalized spacial score (nSPS) is 22.3. The average Bonchev–Trinajstić information content (AvgIpc) is 3.08. The van der Waals surface area contributed by atoms with E-state index in [0.717, 1.165) is 45.0 Å². The van der Waals surface area contributed by atoms with Crippen molar-refractivity contribution in [3.8, 4) is 5.75 Å². The van der Waals surface area contributed by atoms with Gasteiger partial charge >= 0.3 is 5.69 Å². The van der Waals surface area contributed by atoms with Gasteiger partial charge in [0.05, 0.1) is 18.1 Å². The maximum absolute atomic E-state index is 11.0. The maximum atomic E-state index is 11.0. The topological polar surface area (TPSA) is 68.1 Å². The lowest BCUT2D eigenvalue weighted by molar-refractivity contribution is -0.385. The molecule has 7 nitrogen and oxygen atoms in total. The Hall–Kier alpha value is -1.86. The summed E-state index contributed by atoms with van der Waals surface area (Å²) in [5.41, 5.74) is 0.984. The summed E-state index contributed by atoms with van der Waals surface area (Å²) in [7, 11) is 1.46. The summed E-state index contributed by atoms with van der Waals surface area (Å²) in [6.45, 7) is 5.70. The lowest BCUT2D eigenvalue weighted by Gasteiger charge is -2.37. The van der Waals surface area contributed by atoms with Gasteiger partial charge in [0.15, 0.2) is 5.75 Å². The van der Waals surface area contributed by atoms with E-state index < -0.39 is 4.92 Å². The second-order valence-corrected chi connectivity index (χ2v) is 6.04. The van der Waals surface area contributed by atoms with Gasteiger partial charge in [0.2, 0.25) is 0 Å². The van der Waals surface area contributed by atoms with E-state index in [1.165, 1.54) is 26.0 Å². The fourth-order valence-corrected chi connectivity index (χ4v) is 3.28. The van der Waals surface area contributed by atoms with Gasteiger partial charge in [0.25, 0.3) is 0 Å². The van der Waals surface area contributed by atoms with Crippen LogP contribution in [0.4, 0.5) is 11.4 Å². The van der Waals surface area contributed by atoms with Crippen LogP contribution >= 0.6 is 0 Å². The maximum Gasteiger partial charge on any atom is 0.311 e. The Morgan fingerprint density at radius 1 is 1.35 bits per heavy atom. The van der Waals surface area contributed by atoms with E-state index >= 15 is 0 Å². The van der Waals surface area contributed by atoms with Crippen LogP contribution in [0.5, 0.6) is 5.75 Å². The van der Waals surface area contributed by atoms with Crippen LogP contribution in [-0.2, 0) is 4.74 Å². The molecule has 2 aliphatic heterocycles. The lowest BCUT2D eigenvalue weighted by atomic mass is 10.2. The predicted molar refractivity (Wildman–Crippen MR) is 87.3 cm³/mol. The highest BCUT2D eigenvalue weighted by molar-refractivity contribution is 5.59. The third kappa shape index (κ3) is 3.73. The molecule has 1 aromatic carbocycles. The second kappa shape index (κ2) is 7.14. The molecule has 23 heavy (non-hydrogen) atoms. The van der Waals surface area contributed by atoms with Crippen molar-refractivity contribution in [1.29, 1.82) is 0 Å². The molecule has 0 saturated carbocycles. The van der Waals surface area contributed by atoms with E-state index in [1.807, 2.05) is 0 Å². The number of benzene rings is 1. The Morgan fingerprint density at radius 2 is 2.13 bits per heavy atom. The SMILES string of the molecule is COc1cc(N2CCN(C[C@H]3CCCO3)CC2)ccc1[N+](=O)[O-]. The lowest BCUT2D eigenvalue weighted by Crippen LogP contribution is -2.48. The quantitative estimate of drug-likeness (QED) is 0.609. The highest BCUT2D eigenvalue weighted by Crippen LogP contribution is 2.31. The third-order valence-corrected chi connectivity index (χ3v) is 4.58. The number of methoxy groups -OCH3 is 1. The number of rotatable bonds is 5. The van der Waals surface area contributed by atoms with E-state index in [0.29, 0.717) is 11.9 Å². The van der Waals surface area contributed by atoms with Crippen LogP contribution in [-0.4, -0.2) is 62.4 Å². The highest BCUT2D eigenvalue weighted by atomic mass is 16.6. The van der Waals surface area contributed by atoms with Crippen molar-refractivity contribution < 1.29 is 14.4 Å². The smallest absolute Gasteiger partial charge is 0.311 e. The number of hydrogen-bond donors (Lipinski definition) is 0. The van der Waals surface area contributed by atoms with Crippen LogP contribution in [0.2, 0.25) is 0 Å². The molecule has 0 radical (unpaired) electrons. The number of ether oxygens (including phenoxy) is 2. The largest absolute Gasteiger partial charge is 0.490 e. The molecule has 7 heteroatoms. The molecule has 0 aromatic heterocycles. The fraction of sp³-hybridized carbons (Fsp3) is 0.625. The number of nitro groups is 1. The van der Waals surface area contributed by atoms with E-state index in [2.05, 4.69) is 9.80 Å². The zero-order valence-electron chi connectivity index (χ0n) is 13.4. The van der Waals surface area contributed by atoms with E-state index in [1.54, 1.807) is 12.1 Å². The summed E-state index contributed by atoms with van der Waals surface area (Å²) >= 11 is 0. The Labute approximate surface area is 135 Å². The molecule has 2 fully saturated rings. The molecule has 1 aromatic rings. The Balaban J connectivity index is 1.59. The second-order valence-electron chi connectivity index (χ2n) is 6.04. The summed E-state index contributed by atoms with van der Waals surface area (Å²) in [6, 6.07) is 5.08. The molecule has 0 amide bonds. The first-order valence-electron chi connectivity index (χ1n) is 8.08. The van der Waals surface area contributed by atoms with Crippen LogP contribution < -0.4 is 9.64 Å². The van der Waals surface area contributed by atoms with Crippen LogP contribution in [0.25, 0.3) is 0 Å². The molecular weight excluding hydrogens is 298 g/mol. The van der Waals surface area contributed by atoms with Crippen molar-refractivity contribution in [2.75, 3.05) is 51.3 Å². The summed E-state index contributed by atoms with van der Waals surface area (Å²) < 4.78 is 10.9. The van der Waals surface area contributed by atoms with Crippen LogP contribution in [0.15, 0.2) is 18.2 Å². The number of hydrogen-bond acceptors (Lipinski definition) is 6. The minimum atomic E-state index is -0.415. The van der Waals surface area contributed by atoms with Crippen LogP contribution in [0.3, 0.4) is 0 Å². The minimum Gasteiger partial charge on any atom is -0.490 e. The monoisotopic (exact) mass is 321 g/mol. The van der Waals surface area contributed by atoms with Crippen molar-refractivity contribution >= 4 is 11.4 Å². The molecule has 2 saturated heterocycles. The number of nitro benzene ring substituents is 1. The molecule has 126 valence electrons. The summed E-state index contributed by atoms with van der Waals surface area (Å²) in [5, 5.41) is 11.0. The summed E-state index contributed by atoms with van der Waals surface area (Å²) in [6.07, 6.45) is 2.73. The first kappa shape index (κ1) is 16.0. The summed E-state index contributed by atoms with van der Waals surface area (Å²) in [4.78, 5) is 15.2. The van der Waals surface area contributed by atoms with Crippen molar-refractivity contribution in [2.24, 2.45) is 0 Å². The Bertz CT molecular complexity index is 552. The molecule has 0 bridgehead atoms.